The topological polar surface area (TPSA) is 72.3 Å². The molecule has 2 aliphatic heterocycles. The monoisotopic (exact) mass is 302 g/mol. The predicted molar refractivity (Wildman–Crippen MR) is 82.0 cm³/mol. The molecule has 2 aromatic rings. The zero-order valence-corrected chi connectivity index (χ0v) is 11.7. The second kappa shape index (κ2) is 4.96. The van der Waals surface area contributed by atoms with E-state index in [4.69, 9.17) is 11.6 Å². The van der Waals surface area contributed by atoms with Crippen molar-refractivity contribution in [3.05, 3.63) is 70.7 Å². The van der Waals surface area contributed by atoms with Gasteiger partial charge in [0.05, 0.1) is 11.4 Å². The van der Waals surface area contributed by atoms with Crippen LogP contribution in [0.15, 0.2) is 60.1 Å². The minimum absolute atomic E-state index is 0. The van der Waals surface area contributed by atoms with E-state index >= 15 is 0 Å². The van der Waals surface area contributed by atoms with Crippen molar-refractivity contribution in [2.75, 3.05) is 10.0 Å². The van der Waals surface area contributed by atoms with E-state index in [0.717, 1.165) is 17.1 Å². The standard InChI is InChI=1S/C15H11ClN3O.H2O/c16-11-5-7-12(8-6-11)18-15(20)14-9-10-3-1-2-4-13(10)19(14)17-18;/h1-8,20H,9H2;1H2. The van der Waals surface area contributed by atoms with E-state index in [0.29, 0.717) is 11.4 Å². The summed E-state index contributed by atoms with van der Waals surface area (Å²) in [6.45, 7) is 0. The number of para-hydroxylation sites is 1. The number of aliphatic hydroxyl groups excluding tert-OH is 1. The van der Waals surface area contributed by atoms with E-state index in [9.17, 15) is 5.11 Å². The lowest BCUT2D eigenvalue weighted by Gasteiger charge is -2.19. The highest BCUT2D eigenvalue weighted by atomic mass is 35.5. The lowest BCUT2D eigenvalue weighted by molar-refractivity contribution is 0.385. The summed E-state index contributed by atoms with van der Waals surface area (Å²) in [5.74, 6) is 0.170. The van der Waals surface area contributed by atoms with Crippen molar-refractivity contribution in [1.29, 1.82) is 0 Å². The van der Waals surface area contributed by atoms with Crippen LogP contribution in [-0.4, -0.2) is 10.6 Å². The van der Waals surface area contributed by atoms with Crippen molar-refractivity contribution in [2.45, 2.75) is 6.42 Å². The minimum Gasteiger partial charge on any atom is -0.492 e. The van der Waals surface area contributed by atoms with E-state index in [1.807, 2.05) is 30.3 Å². The largest absolute Gasteiger partial charge is 0.492 e. The molecular formula is C15H13ClN3O2. The van der Waals surface area contributed by atoms with E-state index in [1.165, 1.54) is 10.6 Å². The number of allylic oxidation sites excluding steroid dienone is 1. The van der Waals surface area contributed by atoms with E-state index in [-0.39, 0.29) is 11.4 Å². The van der Waals surface area contributed by atoms with Crippen molar-refractivity contribution >= 4 is 23.0 Å². The van der Waals surface area contributed by atoms with E-state index in [2.05, 4.69) is 11.6 Å². The van der Waals surface area contributed by atoms with Gasteiger partial charge in [-0.1, -0.05) is 29.8 Å². The highest BCUT2D eigenvalue weighted by Gasteiger charge is 2.38. The lowest BCUT2D eigenvalue weighted by atomic mass is 10.1. The number of rotatable bonds is 1. The maximum atomic E-state index is 10.4. The molecule has 5 nitrogen and oxygen atoms in total. The molecule has 2 aromatic carbocycles. The maximum absolute atomic E-state index is 10.4. The second-order valence-electron chi connectivity index (χ2n) is 4.77. The molecule has 0 spiro atoms. The maximum Gasteiger partial charge on any atom is 0.231 e. The van der Waals surface area contributed by atoms with Gasteiger partial charge in [-0.2, -0.15) is 0 Å². The molecule has 1 radical (unpaired) electrons. The van der Waals surface area contributed by atoms with Crippen LogP contribution in [0.25, 0.3) is 0 Å². The third-order valence-corrected chi connectivity index (χ3v) is 3.79. The normalized spacial score (nSPS) is 15.9. The van der Waals surface area contributed by atoms with E-state index in [1.54, 1.807) is 17.1 Å². The molecule has 2 heterocycles. The molecule has 0 saturated carbocycles. The van der Waals surface area contributed by atoms with Crippen molar-refractivity contribution in [3.63, 3.8) is 0 Å². The van der Waals surface area contributed by atoms with Gasteiger partial charge in [-0.25, -0.2) is 10.0 Å². The van der Waals surface area contributed by atoms with Crippen molar-refractivity contribution in [1.82, 2.24) is 5.53 Å². The first-order valence-corrected chi connectivity index (χ1v) is 6.69. The Morgan fingerprint density at radius 2 is 1.71 bits per heavy atom. The van der Waals surface area contributed by atoms with Gasteiger partial charge >= 0.3 is 0 Å². The molecule has 6 heteroatoms. The van der Waals surface area contributed by atoms with Crippen LogP contribution in [0, 0.1) is 0 Å². The predicted octanol–water partition coefficient (Wildman–Crippen LogP) is 2.56. The molecule has 0 atom stereocenters. The molecule has 2 aliphatic rings. The Morgan fingerprint density at radius 3 is 2.48 bits per heavy atom. The number of fused-ring (bicyclic) bond motifs is 3. The first-order valence-electron chi connectivity index (χ1n) is 6.31. The van der Waals surface area contributed by atoms with Crippen molar-refractivity contribution in [3.8, 4) is 0 Å². The third-order valence-electron chi connectivity index (χ3n) is 3.54. The Hall–Kier alpha value is -2.21. The minimum atomic E-state index is 0. The molecule has 0 aliphatic carbocycles. The number of benzene rings is 2. The number of aliphatic hydroxyl groups is 1. The van der Waals surface area contributed by atoms with Gasteiger partial charge in [0.1, 0.15) is 5.70 Å². The molecule has 0 unspecified atom stereocenters. The fourth-order valence-corrected chi connectivity index (χ4v) is 2.68. The van der Waals surface area contributed by atoms with E-state index < -0.39 is 0 Å². The van der Waals surface area contributed by atoms with Gasteiger partial charge in [0, 0.05) is 11.4 Å². The summed E-state index contributed by atoms with van der Waals surface area (Å²) in [5, 5.41) is 14.4. The zero-order valence-electron chi connectivity index (χ0n) is 11.0. The molecule has 107 valence electrons. The smallest absolute Gasteiger partial charge is 0.231 e. The highest BCUT2D eigenvalue weighted by molar-refractivity contribution is 6.30. The first kappa shape index (κ1) is 13.8. The summed E-state index contributed by atoms with van der Waals surface area (Å²) in [7, 11) is 0. The van der Waals surface area contributed by atoms with Gasteiger partial charge in [-0.3, -0.25) is 0 Å². The quantitative estimate of drug-likeness (QED) is 0.880. The molecule has 0 fully saturated rings. The summed E-state index contributed by atoms with van der Waals surface area (Å²) >= 11 is 5.88. The van der Waals surface area contributed by atoms with Crippen LogP contribution in [0.1, 0.15) is 5.56 Å². The number of halogens is 1. The number of hydrogen-bond donors (Lipinski definition) is 1. The summed E-state index contributed by atoms with van der Waals surface area (Å²) in [6.07, 6.45) is 0.690. The molecule has 0 bridgehead atoms. The average molecular weight is 303 g/mol. The Kier molecular flexibility index (Phi) is 3.25. The molecule has 0 aromatic heterocycles. The molecule has 4 rings (SSSR count). The van der Waals surface area contributed by atoms with Gasteiger partial charge in [0.25, 0.3) is 0 Å². The Morgan fingerprint density at radius 1 is 1.00 bits per heavy atom. The van der Waals surface area contributed by atoms with Gasteiger partial charge in [0.2, 0.25) is 5.88 Å². The Balaban J connectivity index is 0.00000132. The van der Waals surface area contributed by atoms with Crippen LogP contribution < -0.4 is 15.6 Å². The molecule has 0 saturated heterocycles. The van der Waals surface area contributed by atoms with Gasteiger partial charge < -0.3 is 10.6 Å². The van der Waals surface area contributed by atoms with Crippen LogP contribution in [-0.2, 0) is 6.42 Å². The highest BCUT2D eigenvalue weighted by Crippen LogP contribution is 2.39. The SMILES string of the molecule is O.OC1=C2Cc3ccccc3N2[N]N1c1ccc(Cl)cc1. The van der Waals surface area contributed by atoms with Crippen LogP contribution in [0.4, 0.5) is 11.4 Å². The first-order chi connectivity index (χ1) is 9.74. The molecule has 0 amide bonds. The fraction of sp³-hybridized carbons (Fsp3) is 0.0667. The molecule has 21 heavy (non-hydrogen) atoms. The number of anilines is 2. The Bertz CT molecular complexity index is 715. The average Bonchev–Trinajstić information content (AvgIpc) is 2.98. The van der Waals surface area contributed by atoms with Crippen LogP contribution in [0.3, 0.4) is 0 Å². The summed E-state index contributed by atoms with van der Waals surface area (Å²) in [5.41, 5.74) is 8.26. The van der Waals surface area contributed by atoms with Gasteiger partial charge in [0.15, 0.2) is 0 Å². The van der Waals surface area contributed by atoms with Crippen LogP contribution in [0.5, 0.6) is 0 Å². The fourth-order valence-electron chi connectivity index (χ4n) is 2.55. The van der Waals surface area contributed by atoms with Gasteiger partial charge in [-0.05, 0) is 41.4 Å². The van der Waals surface area contributed by atoms with Crippen LogP contribution >= 0.6 is 11.6 Å². The molecule has 3 N–H and O–H groups in total. The third kappa shape index (κ3) is 2.03. The second-order valence-corrected chi connectivity index (χ2v) is 5.20. The van der Waals surface area contributed by atoms with Crippen LogP contribution in [0.2, 0.25) is 5.02 Å². The zero-order chi connectivity index (χ0) is 13.7. The van der Waals surface area contributed by atoms with Gasteiger partial charge in [-0.15, -0.1) is 0 Å². The molecular weight excluding hydrogens is 290 g/mol. The van der Waals surface area contributed by atoms with Crippen molar-refractivity contribution < 1.29 is 10.6 Å². The summed E-state index contributed by atoms with van der Waals surface area (Å²) in [6, 6.07) is 15.2. The lowest BCUT2D eigenvalue weighted by Crippen LogP contribution is -2.33. The summed E-state index contributed by atoms with van der Waals surface area (Å²) in [4.78, 5) is 0. The summed E-state index contributed by atoms with van der Waals surface area (Å²) < 4.78 is 0. The Labute approximate surface area is 126 Å². The number of nitrogens with zero attached hydrogens (tertiary/aromatic N) is 3. The number of hydrogen-bond acceptors (Lipinski definition) is 3. The van der Waals surface area contributed by atoms with Crippen molar-refractivity contribution in [2.24, 2.45) is 0 Å².